The van der Waals surface area contributed by atoms with Crippen molar-refractivity contribution in [1.82, 2.24) is 5.43 Å². The van der Waals surface area contributed by atoms with Gasteiger partial charge in [0.15, 0.2) is 0 Å². The quantitative estimate of drug-likeness (QED) is 0.497. The Morgan fingerprint density at radius 1 is 1.64 bits per heavy atom. The molecule has 1 atom stereocenters. The highest BCUT2D eigenvalue weighted by atomic mass is 79.9. The normalized spacial score (nSPS) is 12.6. The second-order valence-corrected chi connectivity index (χ2v) is 3.97. The maximum absolute atomic E-state index is 13.2. The summed E-state index contributed by atoms with van der Waals surface area (Å²) < 4.78 is 13.6. The largest absolute Gasteiger partial charge is 0.271 e. The van der Waals surface area contributed by atoms with Crippen LogP contribution in [0.25, 0.3) is 0 Å². The smallest absolute Gasteiger partial charge is 0.137 e. The first kappa shape index (κ1) is 11.4. The molecule has 0 saturated carbocycles. The molecule has 0 spiro atoms. The molecule has 1 aromatic rings. The number of hydrogen-bond donors (Lipinski definition) is 2. The average molecular weight is 259 g/mol. The van der Waals surface area contributed by atoms with E-state index in [1.54, 1.807) is 12.1 Å². The lowest BCUT2D eigenvalue weighted by molar-refractivity contribution is 0.597. The Labute approximate surface area is 91.1 Å². The second kappa shape index (κ2) is 4.68. The molecule has 4 heteroatoms. The van der Waals surface area contributed by atoms with Crippen molar-refractivity contribution < 1.29 is 4.39 Å². The number of rotatable bonds is 3. The van der Waals surface area contributed by atoms with Gasteiger partial charge in [0.2, 0.25) is 0 Å². The van der Waals surface area contributed by atoms with Crippen LogP contribution in [-0.2, 0) is 0 Å². The fourth-order valence-electron chi connectivity index (χ4n) is 1.21. The van der Waals surface area contributed by atoms with Crippen molar-refractivity contribution in [2.45, 2.75) is 13.0 Å². The highest BCUT2D eigenvalue weighted by Crippen LogP contribution is 2.23. The van der Waals surface area contributed by atoms with E-state index in [0.29, 0.717) is 4.47 Å². The first-order valence-corrected chi connectivity index (χ1v) is 4.92. The summed E-state index contributed by atoms with van der Waals surface area (Å²) in [5.74, 6) is 5.05. The van der Waals surface area contributed by atoms with Crippen LogP contribution >= 0.6 is 15.9 Å². The van der Waals surface area contributed by atoms with Gasteiger partial charge < -0.3 is 0 Å². The Morgan fingerprint density at radius 2 is 2.29 bits per heavy atom. The van der Waals surface area contributed by atoms with Gasteiger partial charge in [-0.3, -0.25) is 5.84 Å². The zero-order chi connectivity index (χ0) is 10.7. The molecule has 0 radical (unpaired) electrons. The summed E-state index contributed by atoms with van der Waals surface area (Å²) in [4.78, 5) is 0. The van der Waals surface area contributed by atoms with Crippen LogP contribution < -0.4 is 11.3 Å². The molecule has 0 amide bonds. The molecule has 14 heavy (non-hydrogen) atoms. The predicted molar refractivity (Wildman–Crippen MR) is 59.0 cm³/mol. The van der Waals surface area contributed by atoms with E-state index in [2.05, 4.69) is 27.9 Å². The third-order valence-corrected chi connectivity index (χ3v) is 2.58. The van der Waals surface area contributed by atoms with Gasteiger partial charge in [0.25, 0.3) is 0 Å². The Hall–Kier alpha value is -0.710. The van der Waals surface area contributed by atoms with Gasteiger partial charge in [-0.2, -0.15) is 0 Å². The van der Waals surface area contributed by atoms with E-state index in [1.807, 2.05) is 6.92 Å². The Kier molecular flexibility index (Phi) is 3.80. The third-order valence-electron chi connectivity index (χ3n) is 1.94. The summed E-state index contributed by atoms with van der Waals surface area (Å²) in [6.07, 6.45) is 0. The molecule has 2 nitrogen and oxygen atoms in total. The Morgan fingerprint density at radius 3 is 2.71 bits per heavy atom. The minimum atomic E-state index is -0.302. The lowest BCUT2D eigenvalue weighted by atomic mass is 10.0. The van der Waals surface area contributed by atoms with Crippen molar-refractivity contribution in [1.29, 1.82) is 0 Å². The number of nitrogens with one attached hydrogen (secondary N) is 1. The van der Waals surface area contributed by atoms with Gasteiger partial charge in [-0.05, 0) is 40.5 Å². The van der Waals surface area contributed by atoms with Gasteiger partial charge in [-0.1, -0.05) is 18.2 Å². The standard InChI is InChI=1S/C10H12BrFN2/c1-6(2)10(14-13)7-3-4-8(11)9(12)5-7/h3-5,10,14H,1,13H2,2H3. The van der Waals surface area contributed by atoms with E-state index in [1.165, 1.54) is 6.07 Å². The first-order chi connectivity index (χ1) is 6.56. The van der Waals surface area contributed by atoms with Crippen molar-refractivity contribution in [3.63, 3.8) is 0 Å². The van der Waals surface area contributed by atoms with Crippen LogP contribution in [0.1, 0.15) is 18.5 Å². The molecule has 0 saturated heterocycles. The summed E-state index contributed by atoms with van der Waals surface area (Å²) in [5.41, 5.74) is 4.19. The van der Waals surface area contributed by atoms with Gasteiger partial charge in [0, 0.05) is 0 Å². The fourth-order valence-corrected chi connectivity index (χ4v) is 1.46. The number of hydrogen-bond acceptors (Lipinski definition) is 2. The zero-order valence-electron chi connectivity index (χ0n) is 7.85. The van der Waals surface area contributed by atoms with Crippen LogP contribution in [0, 0.1) is 5.82 Å². The van der Waals surface area contributed by atoms with Gasteiger partial charge in [-0.25, -0.2) is 9.82 Å². The minimum Gasteiger partial charge on any atom is -0.271 e. The van der Waals surface area contributed by atoms with Gasteiger partial charge >= 0.3 is 0 Å². The van der Waals surface area contributed by atoms with Crippen molar-refractivity contribution in [3.05, 3.63) is 46.2 Å². The van der Waals surface area contributed by atoms with E-state index in [9.17, 15) is 4.39 Å². The molecular weight excluding hydrogens is 247 g/mol. The first-order valence-electron chi connectivity index (χ1n) is 4.12. The van der Waals surface area contributed by atoms with E-state index in [0.717, 1.165) is 11.1 Å². The Balaban J connectivity index is 3.06. The third kappa shape index (κ3) is 2.41. The SMILES string of the molecule is C=C(C)C(NN)c1ccc(Br)c(F)c1. The van der Waals surface area contributed by atoms with Gasteiger partial charge in [-0.15, -0.1) is 0 Å². The molecule has 0 aliphatic carbocycles. The molecule has 0 fully saturated rings. The van der Waals surface area contributed by atoms with Gasteiger partial charge in [0.1, 0.15) is 5.82 Å². The summed E-state index contributed by atoms with van der Waals surface area (Å²) in [7, 11) is 0. The lowest BCUT2D eigenvalue weighted by Gasteiger charge is -2.16. The van der Waals surface area contributed by atoms with Crippen molar-refractivity contribution in [2.75, 3.05) is 0 Å². The van der Waals surface area contributed by atoms with Crippen LogP contribution in [0.4, 0.5) is 4.39 Å². The maximum atomic E-state index is 13.2. The minimum absolute atomic E-state index is 0.211. The van der Waals surface area contributed by atoms with Crippen LogP contribution in [-0.4, -0.2) is 0 Å². The molecule has 1 aromatic carbocycles. The highest BCUT2D eigenvalue weighted by Gasteiger charge is 2.11. The number of halogens is 2. The van der Waals surface area contributed by atoms with Crippen molar-refractivity contribution >= 4 is 15.9 Å². The van der Waals surface area contributed by atoms with E-state index >= 15 is 0 Å². The second-order valence-electron chi connectivity index (χ2n) is 3.12. The van der Waals surface area contributed by atoms with Crippen molar-refractivity contribution in [3.8, 4) is 0 Å². The summed E-state index contributed by atoms with van der Waals surface area (Å²) in [6, 6.07) is 4.67. The summed E-state index contributed by atoms with van der Waals surface area (Å²) in [5, 5.41) is 0. The molecule has 1 unspecified atom stereocenters. The average Bonchev–Trinajstić information content (AvgIpc) is 2.11. The topological polar surface area (TPSA) is 38.0 Å². The maximum Gasteiger partial charge on any atom is 0.137 e. The Bertz CT molecular complexity index is 352. The molecule has 3 N–H and O–H groups in total. The molecule has 0 heterocycles. The molecule has 1 rings (SSSR count). The lowest BCUT2D eigenvalue weighted by Crippen LogP contribution is -2.28. The van der Waals surface area contributed by atoms with Crippen LogP contribution in [0.2, 0.25) is 0 Å². The molecule has 0 aromatic heterocycles. The van der Waals surface area contributed by atoms with Crippen molar-refractivity contribution in [2.24, 2.45) is 5.84 Å². The predicted octanol–water partition coefficient (Wildman–Crippen LogP) is 2.67. The number of hydrazine groups is 1. The molecule has 76 valence electrons. The van der Waals surface area contributed by atoms with E-state index in [-0.39, 0.29) is 11.9 Å². The van der Waals surface area contributed by atoms with Crippen LogP contribution in [0.15, 0.2) is 34.8 Å². The fraction of sp³-hybridized carbons (Fsp3) is 0.200. The molecule has 0 bridgehead atoms. The zero-order valence-corrected chi connectivity index (χ0v) is 9.44. The van der Waals surface area contributed by atoms with E-state index in [4.69, 9.17) is 5.84 Å². The number of nitrogens with two attached hydrogens (primary N) is 1. The summed E-state index contributed by atoms with van der Waals surface area (Å²) >= 11 is 3.09. The van der Waals surface area contributed by atoms with Crippen LogP contribution in [0.5, 0.6) is 0 Å². The van der Waals surface area contributed by atoms with Gasteiger partial charge in [0.05, 0.1) is 10.5 Å². The molecular formula is C10H12BrFN2. The highest BCUT2D eigenvalue weighted by molar-refractivity contribution is 9.10. The van der Waals surface area contributed by atoms with E-state index < -0.39 is 0 Å². The number of benzene rings is 1. The molecule has 0 aliphatic rings. The summed E-state index contributed by atoms with van der Waals surface area (Å²) in [6.45, 7) is 5.62. The molecule has 0 aliphatic heterocycles. The monoisotopic (exact) mass is 258 g/mol. The van der Waals surface area contributed by atoms with Crippen LogP contribution in [0.3, 0.4) is 0 Å².